The molecule has 1 aliphatic heterocycles. The van der Waals surface area contributed by atoms with Gasteiger partial charge in [-0.3, -0.25) is 4.79 Å². The van der Waals surface area contributed by atoms with Gasteiger partial charge in [0.1, 0.15) is 5.82 Å². The predicted molar refractivity (Wildman–Crippen MR) is 132 cm³/mol. The quantitative estimate of drug-likeness (QED) is 0.383. The second kappa shape index (κ2) is 9.93. The number of allylic oxidation sites excluding steroid dienone is 1. The number of carbonyl (C=O) groups is 1. The standard InChI is InChI=1S/C24H26N4O3S2/c1-3-14-28-22(19-13-15-33(30,31)16-19)26-27-24(28)32-17(2)23(29)25-21-12-8-7-11-20(21)18-9-5-4-6-10-18/h3-12,17,19H,1,13-16H2,2H3,(H,25,29)/t17-,19-/m0/s1. The molecule has 0 bridgehead atoms. The Kier molecular flexibility index (Phi) is 6.99. The Bertz CT molecular complexity index is 1260. The topological polar surface area (TPSA) is 93.9 Å². The highest BCUT2D eigenvalue weighted by Gasteiger charge is 2.33. The van der Waals surface area contributed by atoms with Gasteiger partial charge < -0.3 is 9.88 Å². The Balaban J connectivity index is 1.51. The number of thioether (sulfide) groups is 1. The molecule has 172 valence electrons. The van der Waals surface area contributed by atoms with Crippen LogP contribution in [0.3, 0.4) is 0 Å². The van der Waals surface area contributed by atoms with Gasteiger partial charge >= 0.3 is 0 Å². The number of nitrogens with one attached hydrogen (secondary N) is 1. The van der Waals surface area contributed by atoms with Crippen LogP contribution in [0.4, 0.5) is 5.69 Å². The second-order valence-corrected chi connectivity index (χ2v) is 11.5. The van der Waals surface area contributed by atoms with E-state index in [4.69, 9.17) is 0 Å². The lowest BCUT2D eigenvalue weighted by molar-refractivity contribution is -0.115. The highest BCUT2D eigenvalue weighted by atomic mass is 32.2. The van der Waals surface area contributed by atoms with Crippen molar-refractivity contribution in [2.75, 3.05) is 16.8 Å². The summed E-state index contributed by atoms with van der Waals surface area (Å²) in [6.07, 6.45) is 2.26. The monoisotopic (exact) mass is 482 g/mol. The number of hydrogen-bond acceptors (Lipinski definition) is 6. The molecular weight excluding hydrogens is 456 g/mol. The number of nitrogens with zero attached hydrogens (tertiary/aromatic N) is 3. The van der Waals surface area contributed by atoms with Crippen molar-refractivity contribution in [2.45, 2.75) is 36.2 Å². The van der Waals surface area contributed by atoms with Gasteiger partial charge in [-0.15, -0.1) is 16.8 Å². The van der Waals surface area contributed by atoms with E-state index in [9.17, 15) is 13.2 Å². The van der Waals surface area contributed by atoms with Crippen LogP contribution in [0.25, 0.3) is 11.1 Å². The Morgan fingerprint density at radius 2 is 1.94 bits per heavy atom. The summed E-state index contributed by atoms with van der Waals surface area (Å²) >= 11 is 1.30. The molecule has 0 saturated carbocycles. The summed E-state index contributed by atoms with van der Waals surface area (Å²) in [4.78, 5) is 13.0. The van der Waals surface area contributed by atoms with Gasteiger partial charge in [-0.1, -0.05) is 66.4 Å². The van der Waals surface area contributed by atoms with E-state index in [1.54, 1.807) is 6.08 Å². The van der Waals surface area contributed by atoms with E-state index in [2.05, 4.69) is 22.1 Å². The number of anilines is 1. The summed E-state index contributed by atoms with van der Waals surface area (Å²) in [5.41, 5.74) is 2.71. The minimum absolute atomic E-state index is 0.0826. The maximum Gasteiger partial charge on any atom is 0.237 e. The smallest absolute Gasteiger partial charge is 0.237 e. The number of benzene rings is 2. The van der Waals surface area contributed by atoms with E-state index in [0.29, 0.717) is 23.9 Å². The maximum absolute atomic E-state index is 13.0. The molecule has 0 unspecified atom stereocenters. The second-order valence-electron chi connectivity index (χ2n) is 8.00. The minimum atomic E-state index is -3.04. The number of sulfone groups is 1. The maximum atomic E-state index is 13.0. The number of para-hydroxylation sites is 1. The molecule has 1 saturated heterocycles. The first kappa shape index (κ1) is 23.3. The lowest BCUT2D eigenvalue weighted by Gasteiger charge is -2.16. The minimum Gasteiger partial charge on any atom is -0.325 e. The normalized spacial score (nSPS) is 18.0. The van der Waals surface area contributed by atoms with Crippen molar-refractivity contribution >= 4 is 33.2 Å². The average Bonchev–Trinajstić information content (AvgIpc) is 3.37. The molecule has 1 fully saturated rings. The van der Waals surface area contributed by atoms with Gasteiger partial charge in [0.05, 0.1) is 16.8 Å². The van der Waals surface area contributed by atoms with Gasteiger partial charge in [0.25, 0.3) is 0 Å². The zero-order valence-corrected chi connectivity index (χ0v) is 20.0. The molecule has 1 amide bonds. The Morgan fingerprint density at radius 1 is 1.21 bits per heavy atom. The molecule has 3 aromatic rings. The van der Waals surface area contributed by atoms with Gasteiger partial charge in [-0.05, 0) is 25.0 Å². The first-order valence-corrected chi connectivity index (χ1v) is 13.4. The summed E-state index contributed by atoms with van der Waals surface area (Å²) < 4.78 is 25.7. The van der Waals surface area contributed by atoms with Crippen molar-refractivity contribution < 1.29 is 13.2 Å². The highest BCUT2D eigenvalue weighted by Crippen LogP contribution is 2.32. The zero-order chi connectivity index (χ0) is 23.4. The molecule has 1 aromatic heterocycles. The number of amides is 1. The number of rotatable bonds is 8. The lowest BCUT2D eigenvalue weighted by Crippen LogP contribution is -2.23. The van der Waals surface area contributed by atoms with E-state index in [1.807, 2.05) is 66.1 Å². The van der Waals surface area contributed by atoms with E-state index >= 15 is 0 Å². The van der Waals surface area contributed by atoms with Crippen LogP contribution in [0.2, 0.25) is 0 Å². The van der Waals surface area contributed by atoms with Crippen molar-refractivity contribution in [3.63, 3.8) is 0 Å². The van der Waals surface area contributed by atoms with E-state index in [-0.39, 0.29) is 23.3 Å². The SMILES string of the molecule is C=CCn1c(S[C@@H](C)C(=O)Nc2ccccc2-c2ccccc2)nnc1[C@H]1CCS(=O)(=O)C1. The summed E-state index contributed by atoms with van der Waals surface area (Å²) in [7, 11) is -3.04. The highest BCUT2D eigenvalue weighted by molar-refractivity contribution is 8.00. The Hall–Kier alpha value is -2.91. The molecule has 0 radical (unpaired) electrons. The fourth-order valence-electron chi connectivity index (χ4n) is 3.90. The first-order chi connectivity index (χ1) is 15.9. The zero-order valence-electron chi connectivity index (χ0n) is 18.3. The van der Waals surface area contributed by atoms with Crippen molar-refractivity contribution in [1.82, 2.24) is 14.8 Å². The predicted octanol–water partition coefficient (Wildman–Crippen LogP) is 4.15. The van der Waals surface area contributed by atoms with Crippen LogP contribution in [0.15, 0.2) is 72.4 Å². The number of carbonyl (C=O) groups excluding carboxylic acids is 1. The molecule has 0 aliphatic carbocycles. The third-order valence-electron chi connectivity index (χ3n) is 5.58. The molecule has 2 aromatic carbocycles. The molecule has 2 atom stereocenters. The summed E-state index contributed by atoms with van der Waals surface area (Å²) in [5, 5.41) is 11.7. The van der Waals surface area contributed by atoms with Crippen LogP contribution in [-0.2, 0) is 21.2 Å². The summed E-state index contributed by atoms with van der Waals surface area (Å²) in [6.45, 7) is 6.07. The van der Waals surface area contributed by atoms with E-state index < -0.39 is 15.1 Å². The van der Waals surface area contributed by atoms with Crippen LogP contribution >= 0.6 is 11.8 Å². The van der Waals surface area contributed by atoms with Crippen molar-refractivity contribution in [2.24, 2.45) is 0 Å². The number of hydrogen-bond donors (Lipinski definition) is 1. The molecule has 7 nitrogen and oxygen atoms in total. The van der Waals surface area contributed by atoms with E-state index in [0.717, 1.165) is 16.8 Å². The van der Waals surface area contributed by atoms with Crippen molar-refractivity contribution in [3.05, 3.63) is 73.1 Å². The Morgan fingerprint density at radius 3 is 2.64 bits per heavy atom. The first-order valence-electron chi connectivity index (χ1n) is 10.7. The van der Waals surface area contributed by atoms with Crippen LogP contribution in [-0.4, -0.2) is 45.8 Å². The largest absolute Gasteiger partial charge is 0.325 e. The molecule has 1 aliphatic rings. The lowest BCUT2D eigenvalue weighted by atomic mass is 10.0. The average molecular weight is 483 g/mol. The fraction of sp³-hybridized carbons (Fsp3) is 0.292. The fourth-order valence-corrected chi connectivity index (χ4v) is 6.50. The molecule has 2 heterocycles. The van der Waals surface area contributed by atoms with Crippen LogP contribution < -0.4 is 5.32 Å². The molecule has 4 rings (SSSR count). The Labute approximate surface area is 198 Å². The van der Waals surface area contributed by atoms with Crippen LogP contribution in [0, 0.1) is 0 Å². The third kappa shape index (κ3) is 5.36. The van der Waals surface area contributed by atoms with Crippen molar-refractivity contribution in [3.8, 4) is 11.1 Å². The van der Waals surface area contributed by atoms with Gasteiger partial charge in [-0.2, -0.15) is 0 Å². The molecule has 33 heavy (non-hydrogen) atoms. The molecule has 1 N–H and O–H groups in total. The summed E-state index contributed by atoms with van der Waals surface area (Å²) in [5.74, 6) is 0.556. The van der Waals surface area contributed by atoms with Gasteiger partial charge in [0, 0.05) is 23.7 Å². The van der Waals surface area contributed by atoms with E-state index in [1.165, 1.54) is 11.8 Å². The van der Waals surface area contributed by atoms with Gasteiger partial charge in [0.2, 0.25) is 5.91 Å². The molecule has 0 spiro atoms. The van der Waals surface area contributed by atoms with Gasteiger partial charge in [0.15, 0.2) is 15.0 Å². The third-order valence-corrected chi connectivity index (χ3v) is 8.42. The number of aromatic nitrogens is 3. The van der Waals surface area contributed by atoms with Crippen LogP contribution in [0.5, 0.6) is 0 Å². The summed E-state index contributed by atoms with van der Waals surface area (Å²) in [6, 6.07) is 17.6. The molecular formula is C24H26N4O3S2. The van der Waals surface area contributed by atoms with Crippen LogP contribution in [0.1, 0.15) is 25.1 Å². The van der Waals surface area contributed by atoms with Crippen molar-refractivity contribution in [1.29, 1.82) is 0 Å². The molecule has 9 heteroatoms. The van der Waals surface area contributed by atoms with Gasteiger partial charge in [-0.25, -0.2) is 8.42 Å².